The number of amides is 1. The maximum Gasteiger partial charge on any atom is 0.336 e. The molecular formula is C10H7BrINO3. The number of carboxylic acids is 1. The largest absolute Gasteiger partial charge is 0.479 e. The molecule has 1 aromatic rings. The maximum absolute atomic E-state index is 12.0. The molecule has 0 saturated heterocycles. The number of hydrogen-bond acceptors (Lipinski definition) is 2. The molecule has 84 valence electrons. The van der Waals surface area contributed by atoms with Crippen LogP contribution in [-0.4, -0.2) is 25.9 Å². The zero-order valence-corrected chi connectivity index (χ0v) is 11.7. The number of nitrogens with zero attached hydrogens (tertiary/aromatic N) is 1. The summed E-state index contributed by atoms with van der Waals surface area (Å²) in [7, 11) is 0. The van der Waals surface area contributed by atoms with Crippen molar-refractivity contribution in [2.24, 2.45) is 0 Å². The number of alkyl halides is 1. The van der Waals surface area contributed by atoms with Gasteiger partial charge in [0.15, 0.2) is 4.05 Å². The number of hydrogen-bond donors (Lipinski definition) is 1. The van der Waals surface area contributed by atoms with E-state index in [1.807, 2.05) is 12.1 Å². The van der Waals surface area contributed by atoms with Gasteiger partial charge in [-0.3, -0.25) is 4.79 Å². The van der Waals surface area contributed by atoms with Gasteiger partial charge < -0.3 is 10.0 Å². The normalized spacial score (nSPS) is 16.1. The van der Waals surface area contributed by atoms with E-state index < -0.39 is 10.0 Å². The molecule has 1 aliphatic heterocycles. The SMILES string of the molecule is O=C(O)C(I)N1Cc2cccc(Br)c2C1=O. The van der Waals surface area contributed by atoms with E-state index in [0.717, 1.165) is 5.56 Å². The summed E-state index contributed by atoms with van der Waals surface area (Å²) in [4.78, 5) is 24.2. The number of carbonyl (C=O) groups excluding carboxylic acids is 1. The average molecular weight is 396 g/mol. The van der Waals surface area contributed by atoms with Crippen LogP contribution in [0.3, 0.4) is 0 Å². The van der Waals surface area contributed by atoms with Crippen LogP contribution in [0.25, 0.3) is 0 Å². The lowest BCUT2D eigenvalue weighted by atomic mass is 10.1. The second-order valence-electron chi connectivity index (χ2n) is 3.38. The van der Waals surface area contributed by atoms with Crippen molar-refractivity contribution in [3.05, 3.63) is 33.8 Å². The molecule has 0 aliphatic carbocycles. The van der Waals surface area contributed by atoms with Crippen molar-refractivity contribution in [1.82, 2.24) is 4.90 Å². The van der Waals surface area contributed by atoms with Crippen molar-refractivity contribution in [1.29, 1.82) is 0 Å². The van der Waals surface area contributed by atoms with Gasteiger partial charge in [-0.25, -0.2) is 4.79 Å². The smallest absolute Gasteiger partial charge is 0.336 e. The van der Waals surface area contributed by atoms with Crippen LogP contribution < -0.4 is 0 Å². The van der Waals surface area contributed by atoms with E-state index in [1.165, 1.54) is 4.90 Å². The zero-order valence-electron chi connectivity index (χ0n) is 7.98. The van der Waals surface area contributed by atoms with Crippen LogP contribution in [0.1, 0.15) is 15.9 Å². The maximum atomic E-state index is 12.0. The molecule has 2 rings (SSSR count). The van der Waals surface area contributed by atoms with Gasteiger partial charge >= 0.3 is 5.97 Å². The number of benzene rings is 1. The minimum Gasteiger partial charge on any atom is -0.479 e. The molecule has 16 heavy (non-hydrogen) atoms. The van der Waals surface area contributed by atoms with Gasteiger partial charge in [0.25, 0.3) is 5.91 Å². The Hall–Kier alpha value is -0.630. The average Bonchev–Trinajstić information content (AvgIpc) is 2.56. The highest BCUT2D eigenvalue weighted by molar-refractivity contribution is 14.1. The first-order valence-corrected chi connectivity index (χ1v) is 6.51. The Kier molecular flexibility index (Phi) is 3.20. The number of carbonyl (C=O) groups is 2. The lowest BCUT2D eigenvalue weighted by Gasteiger charge is -2.18. The summed E-state index contributed by atoms with van der Waals surface area (Å²) in [6.07, 6.45) is 0. The molecule has 1 aliphatic rings. The third kappa shape index (κ3) is 1.84. The van der Waals surface area contributed by atoms with Gasteiger partial charge in [-0.1, -0.05) is 12.1 Å². The highest BCUT2D eigenvalue weighted by atomic mass is 127. The van der Waals surface area contributed by atoms with E-state index in [4.69, 9.17) is 5.11 Å². The molecule has 0 fully saturated rings. The predicted octanol–water partition coefficient (Wildman–Crippen LogP) is 2.25. The minimum absolute atomic E-state index is 0.232. The molecule has 1 amide bonds. The van der Waals surface area contributed by atoms with Crippen LogP contribution in [0.2, 0.25) is 0 Å². The van der Waals surface area contributed by atoms with Crippen molar-refractivity contribution >= 4 is 50.4 Å². The van der Waals surface area contributed by atoms with Crippen molar-refractivity contribution < 1.29 is 14.7 Å². The van der Waals surface area contributed by atoms with Gasteiger partial charge in [0.1, 0.15) is 0 Å². The Morgan fingerprint density at radius 1 is 1.56 bits per heavy atom. The summed E-state index contributed by atoms with van der Waals surface area (Å²) in [6, 6.07) is 5.45. The van der Waals surface area contributed by atoms with Gasteiger partial charge in [0.05, 0.1) is 5.56 Å². The number of carboxylic acid groups (broad SMARTS) is 1. The van der Waals surface area contributed by atoms with Gasteiger partial charge in [-0.05, 0) is 50.2 Å². The number of aliphatic carboxylic acids is 1. The first-order valence-electron chi connectivity index (χ1n) is 4.47. The third-order valence-corrected chi connectivity index (χ3v) is 4.26. The topological polar surface area (TPSA) is 57.6 Å². The molecule has 1 unspecified atom stereocenters. The molecule has 0 spiro atoms. The first kappa shape index (κ1) is 11.8. The summed E-state index contributed by atoms with van der Waals surface area (Å²) < 4.78 is -0.115. The summed E-state index contributed by atoms with van der Waals surface area (Å²) >= 11 is 5.05. The Morgan fingerprint density at radius 3 is 2.81 bits per heavy atom. The number of fused-ring (bicyclic) bond motifs is 1. The molecule has 1 N–H and O–H groups in total. The molecule has 0 radical (unpaired) electrons. The highest BCUT2D eigenvalue weighted by Gasteiger charge is 2.35. The Morgan fingerprint density at radius 2 is 2.25 bits per heavy atom. The highest BCUT2D eigenvalue weighted by Crippen LogP contribution is 2.31. The Balaban J connectivity index is 2.38. The standard InChI is InChI=1S/C10H7BrINO3/c11-6-3-1-2-5-4-13(8(12)10(15)16)9(14)7(5)6/h1-3,8H,4H2,(H,15,16). The van der Waals surface area contributed by atoms with Gasteiger partial charge in [-0.2, -0.15) is 0 Å². The minimum atomic E-state index is -1.00. The molecule has 1 aromatic carbocycles. The fraction of sp³-hybridized carbons (Fsp3) is 0.200. The molecule has 1 heterocycles. The van der Waals surface area contributed by atoms with Crippen molar-refractivity contribution in [3.8, 4) is 0 Å². The van der Waals surface area contributed by atoms with E-state index >= 15 is 0 Å². The van der Waals surface area contributed by atoms with Gasteiger partial charge in [0.2, 0.25) is 0 Å². The Labute approximate surface area is 114 Å². The van der Waals surface area contributed by atoms with Crippen LogP contribution in [0, 0.1) is 0 Å². The summed E-state index contributed by atoms with van der Waals surface area (Å²) in [6.45, 7) is 0.355. The molecule has 4 nitrogen and oxygen atoms in total. The van der Waals surface area contributed by atoms with E-state index in [-0.39, 0.29) is 5.91 Å². The van der Waals surface area contributed by atoms with Crippen LogP contribution in [0.15, 0.2) is 22.7 Å². The van der Waals surface area contributed by atoms with E-state index in [1.54, 1.807) is 28.7 Å². The molecule has 1 atom stereocenters. The molecule has 6 heteroatoms. The molecule has 0 aromatic heterocycles. The lowest BCUT2D eigenvalue weighted by molar-refractivity contribution is -0.138. The monoisotopic (exact) mass is 395 g/mol. The predicted molar refractivity (Wildman–Crippen MR) is 69.5 cm³/mol. The molecular weight excluding hydrogens is 389 g/mol. The third-order valence-electron chi connectivity index (χ3n) is 2.39. The fourth-order valence-electron chi connectivity index (χ4n) is 1.66. The molecule has 0 bridgehead atoms. The zero-order chi connectivity index (χ0) is 11.9. The van der Waals surface area contributed by atoms with Crippen molar-refractivity contribution in [2.75, 3.05) is 0 Å². The van der Waals surface area contributed by atoms with Crippen LogP contribution in [-0.2, 0) is 11.3 Å². The van der Waals surface area contributed by atoms with E-state index in [2.05, 4.69) is 15.9 Å². The lowest BCUT2D eigenvalue weighted by Crippen LogP contribution is -2.36. The summed E-state index contributed by atoms with van der Waals surface area (Å²) in [5.41, 5.74) is 1.44. The summed E-state index contributed by atoms with van der Waals surface area (Å²) in [5.74, 6) is -1.23. The summed E-state index contributed by atoms with van der Waals surface area (Å²) in [5, 5.41) is 8.90. The Bertz CT molecular complexity index is 477. The van der Waals surface area contributed by atoms with E-state index in [0.29, 0.717) is 16.6 Å². The van der Waals surface area contributed by atoms with Crippen LogP contribution in [0.4, 0.5) is 0 Å². The van der Waals surface area contributed by atoms with Gasteiger partial charge in [-0.15, -0.1) is 0 Å². The van der Waals surface area contributed by atoms with Crippen LogP contribution in [0.5, 0.6) is 0 Å². The fourth-order valence-corrected chi connectivity index (χ4v) is 2.68. The van der Waals surface area contributed by atoms with E-state index in [9.17, 15) is 9.59 Å². The van der Waals surface area contributed by atoms with Gasteiger partial charge in [0, 0.05) is 11.0 Å². The second-order valence-corrected chi connectivity index (χ2v) is 5.42. The number of rotatable bonds is 2. The number of halogens is 2. The van der Waals surface area contributed by atoms with Crippen molar-refractivity contribution in [2.45, 2.75) is 10.6 Å². The van der Waals surface area contributed by atoms with Crippen LogP contribution >= 0.6 is 38.5 Å². The molecule has 0 saturated carbocycles. The quantitative estimate of drug-likeness (QED) is 0.474. The van der Waals surface area contributed by atoms with Crippen molar-refractivity contribution in [3.63, 3.8) is 0 Å². The first-order chi connectivity index (χ1) is 7.52. The second kappa shape index (κ2) is 4.33.